The summed E-state index contributed by atoms with van der Waals surface area (Å²) in [6.07, 6.45) is 5.25. The van der Waals surface area contributed by atoms with Crippen molar-refractivity contribution in [3.63, 3.8) is 0 Å². The number of methoxy groups -OCH3 is 1. The van der Waals surface area contributed by atoms with Gasteiger partial charge in [-0.25, -0.2) is 4.98 Å². The number of hydrogen-bond donors (Lipinski definition) is 1. The van der Waals surface area contributed by atoms with Crippen LogP contribution in [0.3, 0.4) is 0 Å². The van der Waals surface area contributed by atoms with Gasteiger partial charge < -0.3 is 14.6 Å². The minimum Gasteiger partial charge on any atom is -0.383 e. The third-order valence-corrected chi connectivity index (χ3v) is 3.34. The van der Waals surface area contributed by atoms with Gasteiger partial charge in [0.2, 0.25) is 0 Å². The maximum atomic E-state index is 6.27. The van der Waals surface area contributed by atoms with Gasteiger partial charge in [0.15, 0.2) is 0 Å². The van der Waals surface area contributed by atoms with Crippen LogP contribution in [0.2, 0.25) is 5.02 Å². The van der Waals surface area contributed by atoms with E-state index in [0.29, 0.717) is 18.2 Å². The molecule has 104 valence electrons. The number of aryl methyl sites for hydroxylation is 1. The van der Waals surface area contributed by atoms with Gasteiger partial charge in [0.1, 0.15) is 0 Å². The van der Waals surface area contributed by atoms with Crippen LogP contribution in [0.15, 0.2) is 18.7 Å². The lowest BCUT2D eigenvalue weighted by atomic mass is 10.1. The van der Waals surface area contributed by atoms with Crippen molar-refractivity contribution < 1.29 is 4.74 Å². The average Bonchev–Trinajstić information content (AvgIpc) is 2.97. The van der Waals surface area contributed by atoms with Crippen molar-refractivity contribution >= 4 is 11.6 Å². The normalized spacial score (nSPS) is 12.8. The molecule has 0 fully saturated rings. The fraction of sp³-hybridized carbons (Fsp3) is 0.500. The lowest BCUT2D eigenvalue weighted by Gasteiger charge is -2.19. The Labute approximate surface area is 117 Å². The van der Waals surface area contributed by atoms with Gasteiger partial charge >= 0.3 is 0 Å². The van der Waals surface area contributed by atoms with E-state index in [0.717, 1.165) is 11.4 Å². The van der Waals surface area contributed by atoms with Crippen LogP contribution in [0.1, 0.15) is 17.4 Å². The van der Waals surface area contributed by atoms with Gasteiger partial charge in [0.05, 0.1) is 54.3 Å². The molecule has 2 heterocycles. The Kier molecular flexibility index (Phi) is 4.57. The summed E-state index contributed by atoms with van der Waals surface area (Å²) in [5.74, 6) is 0. The van der Waals surface area contributed by atoms with Crippen molar-refractivity contribution in [1.29, 1.82) is 0 Å². The molecular formula is C12H18ClN5O. The quantitative estimate of drug-likeness (QED) is 0.866. The minimum atomic E-state index is -0.0562. The van der Waals surface area contributed by atoms with E-state index in [1.807, 2.05) is 29.5 Å². The van der Waals surface area contributed by atoms with E-state index >= 15 is 0 Å². The Balaban J connectivity index is 2.38. The van der Waals surface area contributed by atoms with Crippen LogP contribution in [0.4, 0.5) is 0 Å². The smallest absolute Gasteiger partial charge is 0.0946 e. The molecule has 0 aromatic carbocycles. The number of imidazole rings is 1. The standard InChI is InChI=1S/C12H18ClN5O/c1-14-11(10-7-15-8-17(10)2)12-9(13)6-16-18(12)4-5-19-3/h6-8,11,14H,4-5H2,1-3H3. The molecule has 1 N–H and O–H groups in total. The molecule has 0 bridgehead atoms. The Hall–Kier alpha value is -1.37. The highest BCUT2D eigenvalue weighted by atomic mass is 35.5. The highest BCUT2D eigenvalue weighted by Crippen LogP contribution is 2.27. The molecule has 1 unspecified atom stereocenters. The van der Waals surface area contributed by atoms with Crippen LogP contribution in [-0.4, -0.2) is 40.1 Å². The van der Waals surface area contributed by atoms with E-state index in [1.54, 1.807) is 19.6 Å². The van der Waals surface area contributed by atoms with E-state index < -0.39 is 0 Å². The van der Waals surface area contributed by atoms with Gasteiger partial charge in [-0.2, -0.15) is 5.10 Å². The van der Waals surface area contributed by atoms with Crippen molar-refractivity contribution in [3.8, 4) is 0 Å². The predicted molar refractivity (Wildman–Crippen MR) is 73.2 cm³/mol. The third kappa shape index (κ3) is 2.80. The molecule has 19 heavy (non-hydrogen) atoms. The number of nitrogens with one attached hydrogen (secondary N) is 1. The van der Waals surface area contributed by atoms with Crippen LogP contribution in [0, 0.1) is 0 Å². The Morgan fingerprint density at radius 2 is 2.26 bits per heavy atom. The molecule has 2 rings (SSSR count). The number of aromatic nitrogens is 4. The molecule has 0 aliphatic rings. The molecule has 2 aromatic rings. The second kappa shape index (κ2) is 6.18. The molecule has 0 aliphatic carbocycles. The first-order valence-electron chi connectivity index (χ1n) is 6.02. The zero-order valence-corrected chi connectivity index (χ0v) is 12.1. The maximum Gasteiger partial charge on any atom is 0.0946 e. The van der Waals surface area contributed by atoms with Crippen molar-refractivity contribution in [2.45, 2.75) is 12.6 Å². The summed E-state index contributed by atoms with van der Waals surface area (Å²) in [6.45, 7) is 1.25. The molecule has 0 radical (unpaired) electrons. The second-order valence-electron chi connectivity index (χ2n) is 4.24. The Morgan fingerprint density at radius 1 is 1.47 bits per heavy atom. The van der Waals surface area contributed by atoms with Crippen molar-refractivity contribution in [3.05, 3.63) is 35.1 Å². The number of rotatable bonds is 6. The summed E-state index contributed by atoms with van der Waals surface area (Å²) < 4.78 is 8.92. The van der Waals surface area contributed by atoms with Crippen LogP contribution < -0.4 is 5.32 Å². The number of ether oxygens (including phenoxy) is 1. The van der Waals surface area contributed by atoms with E-state index in [-0.39, 0.29) is 6.04 Å². The second-order valence-corrected chi connectivity index (χ2v) is 4.65. The molecular weight excluding hydrogens is 266 g/mol. The van der Waals surface area contributed by atoms with Gasteiger partial charge in [-0.15, -0.1) is 0 Å². The predicted octanol–water partition coefficient (Wildman–Crippen LogP) is 1.23. The van der Waals surface area contributed by atoms with Gasteiger partial charge in [-0.1, -0.05) is 11.6 Å². The number of hydrogen-bond acceptors (Lipinski definition) is 4. The highest BCUT2D eigenvalue weighted by molar-refractivity contribution is 6.31. The molecule has 0 spiro atoms. The molecule has 6 nitrogen and oxygen atoms in total. The molecule has 0 saturated heterocycles. The van der Waals surface area contributed by atoms with E-state index in [9.17, 15) is 0 Å². The van der Waals surface area contributed by atoms with Gasteiger partial charge in [0.25, 0.3) is 0 Å². The zero-order valence-electron chi connectivity index (χ0n) is 11.3. The third-order valence-electron chi connectivity index (χ3n) is 3.05. The summed E-state index contributed by atoms with van der Waals surface area (Å²) in [4.78, 5) is 4.15. The van der Waals surface area contributed by atoms with E-state index in [1.165, 1.54) is 0 Å². The van der Waals surface area contributed by atoms with Crippen molar-refractivity contribution in [1.82, 2.24) is 24.6 Å². The Bertz CT molecular complexity index is 536. The number of nitrogens with zero attached hydrogens (tertiary/aromatic N) is 4. The first-order chi connectivity index (χ1) is 9.19. The minimum absolute atomic E-state index is 0.0562. The van der Waals surface area contributed by atoms with Gasteiger partial charge in [-0.3, -0.25) is 4.68 Å². The summed E-state index contributed by atoms with van der Waals surface area (Å²) in [5, 5.41) is 8.19. The summed E-state index contributed by atoms with van der Waals surface area (Å²) >= 11 is 6.27. The van der Waals surface area contributed by atoms with Gasteiger partial charge in [0, 0.05) is 14.2 Å². The Morgan fingerprint density at radius 3 is 2.84 bits per heavy atom. The van der Waals surface area contributed by atoms with Crippen LogP contribution in [0.25, 0.3) is 0 Å². The molecule has 0 aliphatic heterocycles. The highest BCUT2D eigenvalue weighted by Gasteiger charge is 2.22. The number of halogens is 1. The summed E-state index contributed by atoms with van der Waals surface area (Å²) in [5.41, 5.74) is 1.95. The zero-order chi connectivity index (χ0) is 13.8. The molecule has 0 amide bonds. The molecule has 2 aromatic heterocycles. The van der Waals surface area contributed by atoms with Crippen LogP contribution in [0.5, 0.6) is 0 Å². The van der Waals surface area contributed by atoms with Crippen LogP contribution in [-0.2, 0) is 18.3 Å². The topological polar surface area (TPSA) is 56.9 Å². The van der Waals surface area contributed by atoms with E-state index in [4.69, 9.17) is 16.3 Å². The van der Waals surface area contributed by atoms with Crippen LogP contribution >= 0.6 is 11.6 Å². The van der Waals surface area contributed by atoms with Crippen molar-refractivity contribution in [2.24, 2.45) is 7.05 Å². The molecule has 0 saturated carbocycles. The largest absolute Gasteiger partial charge is 0.383 e. The fourth-order valence-corrected chi connectivity index (χ4v) is 2.34. The van der Waals surface area contributed by atoms with Crippen molar-refractivity contribution in [2.75, 3.05) is 20.8 Å². The molecule has 1 atom stereocenters. The fourth-order valence-electron chi connectivity index (χ4n) is 2.09. The monoisotopic (exact) mass is 283 g/mol. The van der Waals surface area contributed by atoms with E-state index in [2.05, 4.69) is 15.4 Å². The summed E-state index contributed by atoms with van der Waals surface area (Å²) in [7, 11) is 5.51. The lowest BCUT2D eigenvalue weighted by molar-refractivity contribution is 0.182. The average molecular weight is 284 g/mol. The first-order valence-corrected chi connectivity index (χ1v) is 6.40. The maximum absolute atomic E-state index is 6.27. The SMILES string of the molecule is CNC(c1cncn1C)c1c(Cl)cnn1CCOC. The van der Waals surface area contributed by atoms with Gasteiger partial charge in [-0.05, 0) is 7.05 Å². The first kappa shape index (κ1) is 14.0. The lowest BCUT2D eigenvalue weighted by Crippen LogP contribution is -2.24. The molecule has 7 heteroatoms. The summed E-state index contributed by atoms with van der Waals surface area (Å²) in [6, 6.07) is -0.0562.